The Balaban J connectivity index is 1.67. The molecule has 0 saturated heterocycles. The summed E-state index contributed by atoms with van der Waals surface area (Å²) < 4.78 is 1.77. The third-order valence-corrected chi connectivity index (χ3v) is 3.50. The number of nitrogens with zero attached hydrogens (tertiary/aromatic N) is 2. The van der Waals surface area contributed by atoms with Crippen molar-refractivity contribution in [3.05, 3.63) is 47.1 Å². The molecule has 1 fully saturated rings. The van der Waals surface area contributed by atoms with Crippen LogP contribution in [-0.4, -0.2) is 15.7 Å². The summed E-state index contributed by atoms with van der Waals surface area (Å²) in [5, 5.41) is 7.87. The fourth-order valence-electron chi connectivity index (χ4n) is 1.89. The zero-order valence-electron chi connectivity index (χ0n) is 10.3. The highest BCUT2D eigenvalue weighted by Gasteiger charge is 2.29. The maximum atomic E-state index is 11.6. The van der Waals surface area contributed by atoms with Gasteiger partial charge in [0.05, 0.1) is 6.54 Å². The van der Waals surface area contributed by atoms with Crippen LogP contribution in [0.5, 0.6) is 0 Å². The maximum absolute atomic E-state index is 11.6. The van der Waals surface area contributed by atoms with Gasteiger partial charge in [-0.2, -0.15) is 5.10 Å². The van der Waals surface area contributed by atoms with Gasteiger partial charge in [0.2, 0.25) is 5.91 Å². The van der Waals surface area contributed by atoms with Crippen LogP contribution in [0.1, 0.15) is 18.4 Å². The summed E-state index contributed by atoms with van der Waals surface area (Å²) in [4.78, 5) is 11.6. The summed E-state index contributed by atoms with van der Waals surface area (Å²) >= 11 is 6.10. The molecule has 1 aromatic carbocycles. The largest absolute Gasteiger partial charge is 0.309 e. The van der Waals surface area contributed by atoms with Gasteiger partial charge in [-0.3, -0.25) is 9.48 Å². The Morgan fingerprint density at radius 3 is 2.89 bits per heavy atom. The number of rotatable bonds is 4. The number of nitrogens with one attached hydrogen (secondary N) is 1. The molecule has 0 unspecified atom stereocenters. The molecule has 0 atom stereocenters. The van der Waals surface area contributed by atoms with Crippen molar-refractivity contribution in [2.75, 3.05) is 5.32 Å². The first kappa shape index (κ1) is 12.2. The van der Waals surface area contributed by atoms with E-state index in [0.29, 0.717) is 12.4 Å². The Morgan fingerprint density at radius 2 is 2.16 bits per heavy atom. The van der Waals surface area contributed by atoms with Gasteiger partial charge in [0.25, 0.3) is 0 Å². The Bertz CT molecular complexity index is 604. The van der Waals surface area contributed by atoms with Gasteiger partial charge in [-0.05, 0) is 24.5 Å². The van der Waals surface area contributed by atoms with Crippen molar-refractivity contribution < 1.29 is 4.79 Å². The molecule has 19 heavy (non-hydrogen) atoms. The van der Waals surface area contributed by atoms with Crippen LogP contribution in [0.4, 0.5) is 5.82 Å². The van der Waals surface area contributed by atoms with E-state index < -0.39 is 0 Å². The molecular weight excluding hydrogens is 262 g/mol. The number of hydrogen-bond donors (Lipinski definition) is 1. The monoisotopic (exact) mass is 275 g/mol. The molecular formula is C14H14ClN3O. The van der Waals surface area contributed by atoms with Crippen LogP contribution in [0.25, 0.3) is 0 Å². The van der Waals surface area contributed by atoms with Crippen molar-refractivity contribution in [2.45, 2.75) is 19.4 Å². The van der Waals surface area contributed by atoms with Crippen molar-refractivity contribution >= 4 is 23.3 Å². The number of aromatic nitrogens is 2. The van der Waals surface area contributed by atoms with E-state index in [2.05, 4.69) is 10.4 Å². The van der Waals surface area contributed by atoms with Gasteiger partial charge in [0.1, 0.15) is 0 Å². The molecule has 1 heterocycles. The highest BCUT2D eigenvalue weighted by molar-refractivity contribution is 6.31. The first-order valence-electron chi connectivity index (χ1n) is 6.30. The molecule has 1 aliphatic carbocycles. The van der Waals surface area contributed by atoms with Crippen LogP contribution < -0.4 is 5.32 Å². The lowest BCUT2D eigenvalue weighted by atomic mass is 10.2. The van der Waals surface area contributed by atoms with Crippen molar-refractivity contribution in [2.24, 2.45) is 5.92 Å². The number of halogens is 1. The average Bonchev–Trinajstić information content (AvgIpc) is 3.16. The van der Waals surface area contributed by atoms with E-state index in [1.54, 1.807) is 10.7 Å². The second-order valence-corrected chi connectivity index (χ2v) is 5.16. The van der Waals surface area contributed by atoms with Crippen LogP contribution >= 0.6 is 11.6 Å². The van der Waals surface area contributed by atoms with E-state index in [4.69, 9.17) is 11.6 Å². The van der Waals surface area contributed by atoms with Crippen LogP contribution in [0.3, 0.4) is 0 Å². The second-order valence-electron chi connectivity index (χ2n) is 4.75. The number of hydrogen-bond acceptors (Lipinski definition) is 2. The molecule has 4 nitrogen and oxygen atoms in total. The van der Waals surface area contributed by atoms with E-state index in [1.807, 2.05) is 30.5 Å². The maximum Gasteiger partial charge on any atom is 0.228 e. The average molecular weight is 276 g/mol. The highest BCUT2D eigenvalue weighted by atomic mass is 35.5. The fourth-order valence-corrected chi connectivity index (χ4v) is 2.09. The van der Waals surface area contributed by atoms with Crippen LogP contribution in [-0.2, 0) is 11.3 Å². The molecule has 0 radical (unpaired) electrons. The van der Waals surface area contributed by atoms with Crippen LogP contribution in [0.2, 0.25) is 5.02 Å². The lowest BCUT2D eigenvalue weighted by Crippen LogP contribution is -2.14. The van der Waals surface area contributed by atoms with Gasteiger partial charge in [0.15, 0.2) is 5.82 Å². The SMILES string of the molecule is O=C(Nc1ccn(Cc2ccccc2Cl)n1)C1CC1. The van der Waals surface area contributed by atoms with Crippen molar-refractivity contribution in [3.8, 4) is 0 Å². The topological polar surface area (TPSA) is 46.9 Å². The van der Waals surface area contributed by atoms with Gasteiger partial charge in [-0.25, -0.2) is 0 Å². The zero-order valence-corrected chi connectivity index (χ0v) is 11.1. The molecule has 0 spiro atoms. The summed E-state index contributed by atoms with van der Waals surface area (Å²) in [5.41, 5.74) is 1.01. The summed E-state index contributed by atoms with van der Waals surface area (Å²) in [6.07, 6.45) is 3.82. The molecule has 1 aromatic heterocycles. The third kappa shape index (κ3) is 2.96. The van der Waals surface area contributed by atoms with Gasteiger partial charge >= 0.3 is 0 Å². The van der Waals surface area contributed by atoms with Gasteiger partial charge < -0.3 is 5.32 Å². The number of amides is 1. The molecule has 1 amide bonds. The standard InChI is InChI=1S/C14H14ClN3O/c15-12-4-2-1-3-11(12)9-18-8-7-13(17-18)16-14(19)10-5-6-10/h1-4,7-8,10H,5-6,9H2,(H,16,17,19). The number of benzene rings is 1. The molecule has 98 valence electrons. The lowest BCUT2D eigenvalue weighted by Gasteiger charge is -2.04. The highest BCUT2D eigenvalue weighted by Crippen LogP contribution is 2.29. The van der Waals surface area contributed by atoms with E-state index in [9.17, 15) is 4.79 Å². The van der Waals surface area contributed by atoms with E-state index in [1.165, 1.54) is 0 Å². The minimum atomic E-state index is 0.0722. The molecule has 1 N–H and O–H groups in total. The Kier molecular flexibility index (Phi) is 3.25. The first-order valence-corrected chi connectivity index (χ1v) is 6.68. The third-order valence-electron chi connectivity index (χ3n) is 3.13. The van der Waals surface area contributed by atoms with E-state index in [0.717, 1.165) is 23.4 Å². The quantitative estimate of drug-likeness (QED) is 0.933. The zero-order chi connectivity index (χ0) is 13.2. The number of anilines is 1. The first-order chi connectivity index (χ1) is 9.22. The smallest absolute Gasteiger partial charge is 0.228 e. The number of carbonyl (C=O) groups is 1. The van der Waals surface area contributed by atoms with Crippen molar-refractivity contribution in [1.29, 1.82) is 0 Å². The Hall–Kier alpha value is -1.81. The minimum Gasteiger partial charge on any atom is -0.309 e. The van der Waals surface area contributed by atoms with Crippen LogP contribution in [0, 0.1) is 5.92 Å². The minimum absolute atomic E-state index is 0.0722. The van der Waals surface area contributed by atoms with Crippen LogP contribution in [0.15, 0.2) is 36.5 Å². The van der Waals surface area contributed by atoms with Gasteiger partial charge in [-0.15, -0.1) is 0 Å². The Morgan fingerprint density at radius 1 is 1.37 bits per heavy atom. The molecule has 5 heteroatoms. The fraction of sp³-hybridized carbons (Fsp3) is 0.286. The van der Waals surface area contributed by atoms with Gasteiger partial charge in [-0.1, -0.05) is 29.8 Å². The summed E-state index contributed by atoms with van der Waals surface area (Å²) in [7, 11) is 0. The predicted molar refractivity (Wildman–Crippen MR) is 74.1 cm³/mol. The van der Waals surface area contributed by atoms with E-state index >= 15 is 0 Å². The molecule has 3 rings (SSSR count). The van der Waals surface area contributed by atoms with E-state index in [-0.39, 0.29) is 11.8 Å². The van der Waals surface area contributed by atoms with Crippen molar-refractivity contribution in [3.63, 3.8) is 0 Å². The Labute approximate surface area is 116 Å². The molecule has 0 bridgehead atoms. The lowest BCUT2D eigenvalue weighted by molar-refractivity contribution is -0.117. The number of carbonyl (C=O) groups excluding carboxylic acids is 1. The molecule has 0 aliphatic heterocycles. The van der Waals surface area contributed by atoms with Gasteiger partial charge in [0, 0.05) is 23.2 Å². The van der Waals surface area contributed by atoms with Crippen molar-refractivity contribution in [1.82, 2.24) is 9.78 Å². The second kappa shape index (κ2) is 5.05. The molecule has 1 aliphatic rings. The normalized spacial score (nSPS) is 14.4. The predicted octanol–water partition coefficient (Wildman–Crippen LogP) is 2.93. The molecule has 2 aromatic rings. The summed E-state index contributed by atoms with van der Waals surface area (Å²) in [5.74, 6) is 0.862. The summed E-state index contributed by atoms with van der Waals surface area (Å²) in [6, 6.07) is 9.47. The summed E-state index contributed by atoms with van der Waals surface area (Å²) in [6.45, 7) is 0.596. The molecule has 1 saturated carbocycles.